The van der Waals surface area contributed by atoms with Gasteiger partial charge in [-0.15, -0.1) is 0 Å². The molecule has 0 saturated heterocycles. The summed E-state index contributed by atoms with van der Waals surface area (Å²) in [7, 11) is 0. The summed E-state index contributed by atoms with van der Waals surface area (Å²) in [6, 6.07) is 9.75. The Bertz CT molecular complexity index is 613. The van der Waals surface area contributed by atoms with Crippen LogP contribution in [0.25, 0.3) is 0 Å². The van der Waals surface area contributed by atoms with Gasteiger partial charge in [0.1, 0.15) is 5.82 Å². The maximum Gasteiger partial charge on any atom is 0.126 e. The van der Waals surface area contributed by atoms with Gasteiger partial charge in [0.25, 0.3) is 0 Å². The zero-order valence-corrected chi connectivity index (χ0v) is 13.3. The predicted molar refractivity (Wildman–Crippen MR) is 85.8 cm³/mol. The average Bonchev–Trinajstić information content (AvgIpc) is 3.28. The third-order valence-electron chi connectivity index (χ3n) is 3.82. The summed E-state index contributed by atoms with van der Waals surface area (Å²) in [5.41, 5.74) is 1.90. The van der Waals surface area contributed by atoms with Gasteiger partial charge in [0.05, 0.1) is 0 Å². The number of hydrogen-bond donors (Lipinski definition) is 1. The first-order valence-electron chi connectivity index (χ1n) is 7.29. The first-order valence-corrected chi connectivity index (χ1v) is 8.09. The lowest BCUT2D eigenvalue weighted by atomic mass is 9.92. The van der Waals surface area contributed by atoms with Gasteiger partial charge in [-0.25, -0.2) is 4.39 Å². The van der Waals surface area contributed by atoms with Crippen LogP contribution in [-0.2, 0) is 6.42 Å². The van der Waals surface area contributed by atoms with Crippen LogP contribution in [0.2, 0.25) is 0 Å². The number of benzene rings is 1. The molecule has 1 aromatic heterocycles. The molecule has 2 nitrogen and oxygen atoms in total. The molecular weight excluding hydrogens is 331 g/mol. The molecule has 0 bridgehead atoms. The summed E-state index contributed by atoms with van der Waals surface area (Å²) < 4.78 is 15.1. The van der Waals surface area contributed by atoms with Crippen molar-refractivity contribution in [3.63, 3.8) is 0 Å². The summed E-state index contributed by atoms with van der Waals surface area (Å²) in [6.07, 6.45) is 6.89. The number of halogens is 2. The molecule has 0 amide bonds. The molecule has 0 aliphatic heterocycles. The van der Waals surface area contributed by atoms with Gasteiger partial charge in [-0.05, 0) is 58.5 Å². The standard InChI is InChI=1S/C17H18BrFN2/c18-14-8-12(9-20-11-14)7-13(10-21-15-5-6-15)16-3-1-2-4-17(16)19/h1-4,8-9,11,13,15,21H,5-7,10H2. The molecule has 1 heterocycles. The molecule has 3 rings (SSSR count). The highest BCUT2D eigenvalue weighted by atomic mass is 79.9. The molecule has 1 aliphatic rings. The van der Waals surface area contributed by atoms with E-state index in [1.54, 1.807) is 18.3 Å². The number of hydrogen-bond acceptors (Lipinski definition) is 2. The lowest BCUT2D eigenvalue weighted by Gasteiger charge is -2.19. The Kier molecular flexibility index (Phi) is 4.66. The predicted octanol–water partition coefficient (Wildman–Crippen LogP) is 4.06. The van der Waals surface area contributed by atoms with E-state index in [2.05, 4.69) is 32.3 Å². The van der Waals surface area contributed by atoms with Crippen molar-refractivity contribution in [1.29, 1.82) is 0 Å². The molecule has 21 heavy (non-hydrogen) atoms. The maximum atomic E-state index is 14.1. The van der Waals surface area contributed by atoms with Gasteiger partial charge in [-0.3, -0.25) is 4.98 Å². The highest BCUT2D eigenvalue weighted by Crippen LogP contribution is 2.26. The summed E-state index contributed by atoms with van der Waals surface area (Å²) in [6.45, 7) is 0.804. The monoisotopic (exact) mass is 348 g/mol. The van der Waals surface area contributed by atoms with Gasteiger partial charge < -0.3 is 5.32 Å². The first-order chi connectivity index (χ1) is 10.2. The molecule has 1 fully saturated rings. The van der Waals surface area contributed by atoms with E-state index < -0.39 is 0 Å². The zero-order chi connectivity index (χ0) is 14.7. The van der Waals surface area contributed by atoms with Gasteiger partial charge in [0, 0.05) is 35.4 Å². The Hall–Kier alpha value is -1.26. The van der Waals surface area contributed by atoms with Crippen LogP contribution in [0.3, 0.4) is 0 Å². The van der Waals surface area contributed by atoms with Gasteiger partial charge in [-0.2, -0.15) is 0 Å². The van der Waals surface area contributed by atoms with Gasteiger partial charge in [0.15, 0.2) is 0 Å². The van der Waals surface area contributed by atoms with Crippen LogP contribution in [0.4, 0.5) is 4.39 Å². The molecular formula is C17H18BrFN2. The van der Waals surface area contributed by atoms with E-state index in [0.29, 0.717) is 6.04 Å². The second-order valence-electron chi connectivity index (χ2n) is 5.62. The molecule has 0 spiro atoms. The van der Waals surface area contributed by atoms with Crippen molar-refractivity contribution >= 4 is 15.9 Å². The highest BCUT2D eigenvalue weighted by molar-refractivity contribution is 9.10. The smallest absolute Gasteiger partial charge is 0.126 e. The van der Waals surface area contributed by atoms with Crippen LogP contribution in [0, 0.1) is 5.82 Å². The normalized spacial score (nSPS) is 15.9. The highest BCUT2D eigenvalue weighted by Gasteiger charge is 2.23. The van der Waals surface area contributed by atoms with E-state index >= 15 is 0 Å². The Morgan fingerprint density at radius 1 is 1.29 bits per heavy atom. The Labute approximate surface area is 132 Å². The summed E-state index contributed by atoms with van der Waals surface area (Å²) in [4.78, 5) is 4.20. The van der Waals surface area contributed by atoms with Crippen LogP contribution in [0.5, 0.6) is 0 Å². The minimum absolute atomic E-state index is 0.122. The maximum absolute atomic E-state index is 14.1. The second kappa shape index (κ2) is 6.67. The molecule has 1 unspecified atom stereocenters. The number of nitrogens with zero attached hydrogens (tertiary/aromatic N) is 1. The van der Waals surface area contributed by atoms with Crippen LogP contribution in [0.1, 0.15) is 29.9 Å². The number of aromatic nitrogens is 1. The molecule has 2 aromatic rings. The second-order valence-corrected chi connectivity index (χ2v) is 6.53. The first kappa shape index (κ1) is 14.7. The van der Waals surface area contributed by atoms with Crippen molar-refractivity contribution in [2.24, 2.45) is 0 Å². The Morgan fingerprint density at radius 3 is 2.81 bits per heavy atom. The Morgan fingerprint density at radius 2 is 2.10 bits per heavy atom. The van der Waals surface area contributed by atoms with Crippen molar-refractivity contribution < 1.29 is 4.39 Å². The number of rotatable bonds is 6. The quantitative estimate of drug-likeness (QED) is 0.851. The molecule has 110 valence electrons. The van der Waals surface area contributed by atoms with Crippen LogP contribution in [-0.4, -0.2) is 17.6 Å². The van der Waals surface area contributed by atoms with Crippen LogP contribution < -0.4 is 5.32 Å². The average molecular weight is 349 g/mol. The van der Waals surface area contributed by atoms with Gasteiger partial charge in [0.2, 0.25) is 0 Å². The topological polar surface area (TPSA) is 24.9 Å². The minimum Gasteiger partial charge on any atom is -0.313 e. The summed E-state index contributed by atoms with van der Waals surface area (Å²) >= 11 is 3.44. The van der Waals surface area contributed by atoms with Crippen LogP contribution in [0.15, 0.2) is 47.2 Å². The van der Waals surface area contributed by atoms with Gasteiger partial charge >= 0.3 is 0 Å². The molecule has 1 aromatic carbocycles. The molecule has 0 radical (unpaired) electrons. The molecule has 1 aliphatic carbocycles. The third kappa shape index (κ3) is 4.11. The zero-order valence-electron chi connectivity index (χ0n) is 11.7. The van der Waals surface area contributed by atoms with Crippen LogP contribution >= 0.6 is 15.9 Å². The van der Waals surface area contributed by atoms with E-state index in [0.717, 1.165) is 28.6 Å². The fourth-order valence-electron chi connectivity index (χ4n) is 2.55. The fraction of sp³-hybridized carbons (Fsp3) is 0.353. The van der Waals surface area contributed by atoms with Gasteiger partial charge in [-0.1, -0.05) is 18.2 Å². The minimum atomic E-state index is -0.122. The van der Waals surface area contributed by atoms with Crippen molar-refractivity contribution in [3.8, 4) is 0 Å². The van der Waals surface area contributed by atoms with Crippen molar-refractivity contribution in [1.82, 2.24) is 10.3 Å². The van der Waals surface area contributed by atoms with E-state index in [4.69, 9.17) is 0 Å². The lowest BCUT2D eigenvalue weighted by Crippen LogP contribution is -2.25. The van der Waals surface area contributed by atoms with E-state index in [1.165, 1.54) is 12.8 Å². The molecule has 4 heteroatoms. The summed E-state index contributed by atoms with van der Waals surface area (Å²) in [5, 5.41) is 3.52. The Balaban J connectivity index is 1.79. The van der Waals surface area contributed by atoms with E-state index in [-0.39, 0.29) is 11.7 Å². The number of pyridine rings is 1. The van der Waals surface area contributed by atoms with E-state index in [9.17, 15) is 4.39 Å². The van der Waals surface area contributed by atoms with Crippen molar-refractivity contribution in [2.75, 3.05) is 6.54 Å². The van der Waals surface area contributed by atoms with Crippen molar-refractivity contribution in [2.45, 2.75) is 31.2 Å². The lowest BCUT2D eigenvalue weighted by molar-refractivity contribution is 0.535. The SMILES string of the molecule is Fc1ccccc1C(CNC1CC1)Cc1cncc(Br)c1. The largest absolute Gasteiger partial charge is 0.313 e. The molecule has 1 atom stereocenters. The summed E-state index contributed by atoms with van der Waals surface area (Å²) in [5.74, 6) is 0.00551. The molecule has 1 N–H and O–H groups in total. The van der Waals surface area contributed by atoms with Crippen molar-refractivity contribution in [3.05, 3.63) is 64.1 Å². The molecule has 1 saturated carbocycles. The van der Waals surface area contributed by atoms with E-state index in [1.807, 2.05) is 18.3 Å². The fourth-order valence-corrected chi connectivity index (χ4v) is 2.96. The third-order valence-corrected chi connectivity index (χ3v) is 4.25. The number of nitrogens with one attached hydrogen (secondary N) is 1.